The van der Waals surface area contributed by atoms with Gasteiger partial charge in [0.15, 0.2) is 0 Å². The van der Waals surface area contributed by atoms with E-state index in [-0.39, 0.29) is 18.3 Å². The SMILES string of the molecule is CCCN(CCc1cccc(F)c1)C(=O)Cn1ccc(=O)n(C)c1=O. The standard InChI is InChI=1S/C18H22FN3O3/c1-3-9-21(10-7-14-5-4-6-15(19)12-14)17(24)13-22-11-8-16(23)20(2)18(22)25/h4-6,8,11-12H,3,7,9-10,13H2,1-2H3. The fourth-order valence-electron chi connectivity index (χ4n) is 2.57. The van der Waals surface area contributed by atoms with E-state index in [0.717, 1.165) is 16.6 Å². The van der Waals surface area contributed by atoms with Crippen LogP contribution in [0.1, 0.15) is 18.9 Å². The molecule has 0 aliphatic rings. The normalized spacial score (nSPS) is 10.7. The Morgan fingerprint density at radius 3 is 2.64 bits per heavy atom. The summed E-state index contributed by atoms with van der Waals surface area (Å²) in [5, 5.41) is 0. The van der Waals surface area contributed by atoms with Crippen LogP contribution in [0.15, 0.2) is 46.1 Å². The molecule has 1 aromatic heterocycles. The molecule has 2 rings (SSSR count). The van der Waals surface area contributed by atoms with Gasteiger partial charge in [0.05, 0.1) is 0 Å². The van der Waals surface area contributed by atoms with E-state index >= 15 is 0 Å². The van der Waals surface area contributed by atoms with E-state index in [0.29, 0.717) is 19.5 Å². The van der Waals surface area contributed by atoms with Crippen molar-refractivity contribution in [1.29, 1.82) is 0 Å². The molecule has 25 heavy (non-hydrogen) atoms. The average Bonchev–Trinajstić information content (AvgIpc) is 2.59. The fraction of sp³-hybridized carbons (Fsp3) is 0.389. The van der Waals surface area contributed by atoms with Crippen molar-refractivity contribution >= 4 is 5.91 Å². The summed E-state index contributed by atoms with van der Waals surface area (Å²) in [5.41, 5.74) is -0.124. The largest absolute Gasteiger partial charge is 0.341 e. The van der Waals surface area contributed by atoms with Crippen LogP contribution in [-0.4, -0.2) is 33.0 Å². The van der Waals surface area contributed by atoms with Crippen molar-refractivity contribution in [2.75, 3.05) is 13.1 Å². The molecule has 6 nitrogen and oxygen atoms in total. The summed E-state index contributed by atoms with van der Waals surface area (Å²) in [5.74, 6) is -0.512. The van der Waals surface area contributed by atoms with Crippen molar-refractivity contribution in [2.24, 2.45) is 7.05 Å². The zero-order chi connectivity index (χ0) is 18.4. The maximum Gasteiger partial charge on any atom is 0.331 e. The Hall–Kier alpha value is -2.70. The lowest BCUT2D eigenvalue weighted by molar-refractivity contribution is -0.132. The van der Waals surface area contributed by atoms with Crippen LogP contribution >= 0.6 is 0 Å². The monoisotopic (exact) mass is 347 g/mol. The van der Waals surface area contributed by atoms with Gasteiger partial charge in [0.2, 0.25) is 5.91 Å². The number of carbonyl (C=O) groups is 1. The van der Waals surface area contributed by atoms with E-state index in [1.54, 1.807) is 11.0 Å². The zero-order valence-electron chi connectivity index (χ0n) is 14.4. The van der Waals surface area contributed by atoms with Crippen LogP contribution in [0.5, 0.6) is 0 Å². The molecule has 134 valence electrons. The molecule has 0 spiro atoms. The minimum atomic E-state index is -0.526. The summed E-state index contributed by atoms with van der Waals surface area (Å²) < 4.78 is 15.4. The van der Waals surface area contributed by atoms with E-state index in [1.807, 2.05) is 13.0 Å². The maximum atomic E-state index is 13.3. The predicted octanol–water partition coefficient (Wildman–Crippen LogP) is 1.17. The molecule has 7 heteroatoms. The molecule has 0 atom stereocenters. The Kier molecular flexibility index (Phi) is 6.27. The predicted molar refractivity (Wildman–Crippen MR) is 92.9 cm³/mol. The van der Waals surface area contributed by atoms with Crippen LogP contribution in [0.2, 0.25) is 0 Å². The van der Waals surface area contributed by atoms with Crippen LogP contribution in [0.25, 0.3) is 0 Å². The van der Waals surface area contributed by atoms with Gasteiger partial charge >= 0.3 is 5.69 Å². The molecule has 0 saturated heterocycles. The highest BCUT2D eigenvalue weighted by molar-refractivity contribution is 5.76. The quantitative estimate of drug-likeness (QED) is 0.755. The van der Waals surface area contributed by atoms with E-state index in [1.165, 1.54) is 36.0 Å². The number of carbonyl (C=O) groups excluding carboxylic acids is 1. The van der Waals surface area contributed by atoms with Crippen LogP contribution in [0.4, 0.5) is 4.39 Å². The Morgan fingerprint density at radius 2 is 1.96 bits per heavy atom. The first-order valence-electron chi connectivity index (χ1n) is 8.21. The molecule has 0 saturated carbocycles. The van der Waals surface area contributed by atoms with Gasteiger partial charge in [0, 0.05) is 32.4 Å². The minimum Gasteiger partial charge on any atom is -0.341 e. The molecule has 2 aromatic rings. The lowest BCUT2D eigenvalue weighted by Crippen LogP contribution is -2.42. The summed E-state index contributed by atoms with van der Waals surface area (Å²) in [6.45, 7) is 2.82. The summed E-state index contributed by atoms with van der Waals surface area (Å²) in [4.78, 5) is 37.7. The summed E-state index contributed by atoms with van der Waals surface area (Å²) in [6, 6.07) is 7.54. The minimum absolute atomic E-state index is 0.129. The van der Waals surface area contributed by atoms with Crippen molar-refractivity contribution < 1.29 is 9.18 Å². The highest BCUT2D eigenvalue weighted by Gasteiger charge is 2.15. The average molecular weight is 347 g/mol. The highest BCUT2D eigenvalue weighted by atomic mass is 19.1. The van der Waals surface area contributed by atoms with E-state index in [9.17, 15) is 18.8 Å². The van der Waals surface area contributed by atoms with Gasteiger partial charge in [-0.25, -0.2) is 9.18 Å². The van der Waals surface area contributed by atoms with Gasteiger partial charge in [-0.3, -0.25) is 18.7 Å². The zero-order valence-corrected chi connectivity index (χ0v) is 14.4. The molecule has 0 unspecified atom stereocenters. The first-order valence-corrected chi connectivity index (χ1v) is 8.21. The Bertz CT molecular complexity index is 857. The number of nitrogens with zero attached hydrogens (tertiary/aromatic N) is 3. The van der Waals surface area contributed by atoms with Crippen LogP contribution in [0.3, 0.4) is 0 Å². The van der Waals surface area contributed by atoms with E-state index < -0.39 is 11.2 Å². The number of hydrogen-bond donors (Lipinski definition) is 0. The molecular formula is C18H22FN3O3. The maximum absolute atomic E-state index is 13.3. The second-order valence-electron chi connectivity index (χ2n) is 5.88. The van der Waals surface area contributed by atoms with Gasteiger partial charge in [-0.05, 0) is 30.5 Å². The summed E-state index contributed by atoms with van der Waals surface area (Å²) >= 11 is 0. The number of hydrogen-bond acceptors (Lipinski definition) is 3. The van der Waals surface area contributed by atoms with Gasteiger partial charge in [-0.1, -0.05) is 19.1 Å². The third kappa shape index (κ3) is 4.89. The molecule has 1 heterocycles. The van der Waals surface area contributed by atoms with Crippen molar-refractivity contribution in [3.05, 3.63) is 68.7 Å². The number of benzene rings is 1. The van der Waals surface area contributed by atoms with Gasteiger partial charge in [0.1, 0.15) is 12.4 Å². The number of rotatable bonds is 7. The Labute approximate surface area is 145 Å². The lowest BCUT2D eigenvalue weighted by atomic mass is 10.1. The molecule has 1 amide bonds. The van der Waals surface area contributed by atoms with Crippen molar-refractivity contribution in [2.45, 2.75) is 26.3 Å². The van der Waals surface area contributed by atoms with Crippen molar-refractivity contribution in [1.82, 2.24) is 14.0 Å². The number of amides is 1. The lowest BCUT2D eigenvalue weighted by Gasteiger charge is -2.22. The van der Waals surface area contributed by atoms with E-state index in [4.69, 9.17) is 0 Å². The molecule has 0 fully saturated rings. The molecule has 0 aliphatic heterocycles. The Morgan fingerprint density at radius 1 is 1.20 bits per heavy atom. The third-order valence-corrected chi connectivity index (χ3v) is 3.97. The molecule has 0 aliphatic carbocycles. The van der Waals surface area contributed by atoms with Gasteiger partial charge in [-0.15, -0.1) is 0 Å². The van der Waals surface area contributed by atoms with Crippen LogP contribution in [-0.2, 0) is 24.8 Å². The molecule has 0 radical (unpaired) electrons. The molecule has 0 bridgehead atoms. The smallest absolute Gasteiger partial charge is 0.331 e. The van der Waals surface area contributed by atoms with Crippen LogP contribution in [0, 0.1) is 5.82 Å². The Balaban J connectivity index is 2.08. The summed E-state index contributed by atoms with van der Waals surface area (Å²) in [6.07, 6.45) is 2.64. The molecule has 0 N–H and O–H groups in total. The molecule has 1 aromatic carbocycles. The second-order valence-corrected chi connectivity index (χ2v) is 5.88. The topological polar surface area (TPSA) is 64.3 Å². The fourth-order valence-corrected chi connectivity index (χ4v) is 2.57. The number of halogens is 1. The summed E-state index contributed by atoms with van der Waals surface area (Å²) in [7, 11) is 1.37. The van der Waals surface area contributed by atoms with Crippen molar-refractivity contribution in [3.8, 4) is 0 Å². The van der Waals surface area contributed by atoms with Crippen molar-refractivity contribution in [3.63, 3.8) is 0 Å². The van der Waals surface area contributed by atoms with Crippen LogP contribution < -0.4 is 11.2 Å². The first kappa shape index (κ1) is 18.6. The van der Waals surface area contributed by atoms with Gasteiger partial charge in [-0.2, -0.15) is 0 Å². The first-order chi connectivity index (χ1) is 11.9. The van der Waals surface area contributed by atoms with E-state index in [2.05, 4.69) is 0 Å². The third-order valence-electron chi connectivity index (χ3n) is 3.97. The number of aromatic nitrogens is 2. The molecular weight excluding hydrogens is 325 g/mol. The van der Waals surface area contributed by atoms with Gasteiger partial charge in [0.25, 0.3) is 5.56 Å². The van der Waals surface area contributed by atoms with Gasteiger partial charge < -0.3 is 4.90 Å². The second kappa shape index (κ2) is 8.41. The highest BCUT2D eigenvalue weighted by Crippen LogP contribution is 2.06.